The Balaban J connectivity index is 1.46. The zero-order chi connectivity index (χ0) is 19.8. The molecule has 5 heteroatoms. The Labute approximate surface area is 166 Å². The molecule has 0 saturated heterocycles. The van der Waals surface area contributed by atoms with Gasteiger partial charge in [0.1, 0.15) is 5.75 Å². The summed E-state index contributed by atoms with van der Waals surface area (Å²) in [6.07, 6.45) is 15.6. The van der Waals surface area contributed by atoms with Gasteiger partial charge < -0.3 is 4.74 Å². The van der Waals surface area contributed by atoms with Gasteiger partial charge in [0, 0.05) is 18.0 Å². The molecule has 0 atom stereocenters. The fourth-order valence-corrected chi connectivity index (χ4v) is 4.09. The van der Waals surface area contributed by atoms with Crippen molar-refractivity contribution in [2.45, 2.75) is 71.3 Å². The number of hydrogen-bond donors (Lipinski definition) is 0. The molecule has 1 fully saturated rings. The van der Waals surface area contributed by atoms with E-state index in [9.17, 15) is 8.78 Å². The van der Waals surface area contributed by atoms with Gasteiger partial charge >= 0.3 is 6.61 Å². The first kappa shape index (κ1) is 20.7. The summed E-state index contributed by atoms with van der Waals surface area (Å²) < 4.78 is 28.8. The van der Waals surface area contributed by atoms with Crippen LogP contribution in [0.1, 0.15) is 63.9 Å². The van der Waals surface area contributed by atoms with Crippen molar-refractivity contribution < 1.29 is 13.5 Å². The van der Waals surface area contributed by atoms with Crippen LogP contribution in [0.2, 0.25) is 0 Å². The Hall–Kier alpha value is -2.04. The monoisotopic (exact) mass is 388 g/mol. The second-order valence-electron chi connectivity index (χ2n) is 7.89. The predicted molar refractivity (Wildman–Crippen MR) is 107 cm³/mol. The third kappa shape index (κ3) is 6.25. The van der Waals surface area contributed by atoms with E-state index in [1.54, 1.807) is 12.1 Å². The van der Waals surface area contributed by atoms with E-state index in [-0.39, 0.29) is 5.75 Å². The molecule has 0 amide bonds. The maximum absolute atomic E-state index is 12.2. The van der Waals surface area contributed by atoms with Crippen LogP contribution < -0.4 is 4.74 Å². The first-order valence-electron chi connectivity index (χ1n) is 10.5. The molecular weight excluding hydrogens is 358 g/mol. The number of unbranched alkanes of at least 4 members (excludes halogenated alkanes) is 1. The smallest absolute Gasteiger partial charge is 0.387 e. The Bertz CT molecular complexity index is 696. The molecule has 1 saturated carbocycles. The van der Waals surface area contributed by atoms with Gasteiger partial charge in [0.2, 0.25) is 0 Å². The van der Waals surface area contributed by atoms with Gasteiger partial charge in [-0.05, 0) is 54.5 Å². The van der Waals surface area contributed by atoms with E-state index >= 15 is 0 Å². The fourth-order valence-electron chi connectivity index (χ4n) is 4.09. The van der Waals surface area contributed by atoms with Crippen LogP contribution in [0.3, 0.4) is 0 Å². The number of rotatable bonds is 9. The number of benzene rings is 1. The average molecular weight is 389 g/mol. The van der Waals surface area contributed by atoms with E-state index in [0.29, 0.717) is 5.82 Å². The van der Waals surface area contributed by atoms with Crippen LogP contribution in [0.15, 0.2) is 36.7 Å². The molecular formula is C23H30F2N2O. The summed E-state index contributed by atoms with van der Waals surface area (Å²) in [7, 11) is 0. The highest BCUT2D eigenvalue weighted by Crippen LogP contribution is 2.34. The number of aromatic nitrogens is 2. The lowest BCUT2D eigenvalue weighted by Crippen LogP contribution is -2.15. The molecule has 28 heavy (non-hydrogen) atoms. The standard InChI is InChI=1S/C23H30F2N2O/c1-2-3-4-17-5-7-18(8-6-17)9-10-19-15-26-22(27-16-19)20-11-13-21(14-12-20)28-23(24)25/h11-18,23H,2-10H2,1H3. The van der Waals surface area contributed by atoms with Crippen LogP contribution in [0.4, 0.5) is 8.78 Å². The summed E-state index contributed by atoms with van der Waals surface area (Å²) >= 11 is 0. The molecule has 3 rings (SSSR count). The summed E-state index contributed by atoms with van der Waals surface area (Å²) in [5.74, 6) is 2.53. The zero-order valence-electron chi connectivity index (χ0n) is 16.6. The predicted octanol–water partition coefficient (Wildman–Crippen LogP) is 6.67. The zero-order valence-corrected chi connectivity index (χ0v) is 16.6. The molecule has 0 unspecified atom stereocenters. The maximum atomic E-state index is 12.2. The van der Waals surface area contributed by atoms with Crippen LogP contribution in [0.5, 0.6) is 5.75 Å². The van der Waals surface area contributed by atoms with Crippen LogP contribution in [0.25, 0.3) is 11.4 Å². The number of hydrogen-bond acceptors (Lipinski definition) is 3. The SMILES string of the molecule is CCCCC1CCC(CCc2cnc(-c3ccc(OC(F)F)cc3)nc2)CC1. The minimum Gasteiger partial charge on any atom is -0.435 e. The number of alkyl halides is 2. The van der Waals surface area contributed by atoms with Crippen molar-refractivity contribution in [3.05, 3.63) is 42.2 Å². The van der Waals surface area contributed by atoms with Gasteiger partial charge in [-0.3, -0.25) is 0 Å². The molecule has 1 aromatic heterocycles. The lowest BCUT2D eigenvalue weighted by atomic mass is 9.78. The molecule has 1 aliphatic rings. The highest BCUT2D eigenvalue weighted by molar-refractivity contribution is 5.55. The quantitative estimate of drug-likeness (QED) is 0.481. The van der Waals surface area contributed by atoms with Crippen LogP contribution in [-0.2, 0) is 6.42 Å². The van der Waals surface area contributed by atoms with Crippen molar-refractivity contribution in [3.63, 3.8) is 0 Å². The molecule has 1 heterocycles. The Kier molecular flexibility index (Phi) is 7.75. The lowest BCUT2D eigenvalue weighted by Gasteiger charge is -2.28. The van der Waals surface area contributed by atoms with E-state index in [1.165, 1.54) is 63.5 Å². The summed E-state index contributed by atoms with van der Waals surface area (Å²) in [5.41, 5.74) is 1.95. The molecule has 152 valence electrons. The molecule has 1 aromatic carbocycles. The second kappa shape index (κ2) is 10.5. The molecule has 1 aliphatic carbocycles. The molecule has 3 nitrogen and oxygen atoms in total. The number of halogens is 2. The first-order valence-corrected chi connectivity index (χ1v) is 10.5. The largest absolute Gasteiger partial charge is 0.435 e. The summed E-state index contributed by atoms with van der Waals surface area (Å²) in [4.78, 5) is 8.90. The van der Waals surface area contributed by atoms with Crippen molar-refractivity contribution in [3.8, 4) is 17.1 Å². The van der Waals surface area contributed by atoms with Crippen molar-refractivity contribution in [2.24, 2.45) is 11.8 Å². The normalized spacial score (nSPS) is 19.7. The van der Waals surface area contributed by atoms with Crippen molar-refractivity contribution in [2.75, 3.05) is 0 Å². The van der Waals surface area contributed by atoms with Crippen LogP contribution in [-0.4, -0.2) is 16.6 Å². The number of nitrogens with zero attached hydrogens (tertiary/aromatic N) is 2. The molecule has 0 radical (unpaired) electrons. The lowest BCUT2D eigenvalue weighted by molar-refractivity contribution is -0.0498. The maximum Gasteiger partial charge on any atom is 0.387 e. The molecule has 0 spiro atoms. The van der Waals surface area contributed by atoms with Gasteiger partial charge in [-0.15, -0.1) is 0 Å². The third-order valence-corrected chi connectivity index (χ3v) is 5.82. The topological polar surface area (TPSA) is 35.0 Å². The summed E-state index contributed by atoms with van der Waals surface area (Å²) in [6.45, 7) is -0.539. The number of ether oxygens (including phenoxy) is 1. The second-order valence-corrected chi connectivity index (χ2v) is 7.89. The van der Waals surface area contributed by atoms with E-state index < -0.39 is 6.61 Å². The van der Waals surface area contributed by atoms with Gasteiger partial charge in [-0.25, -0.2) is 9.97 Å². The number of aryl methyl sites for hydroxylation is 1. The van der Waals surface area contributed by atoms with E-state index in [4.69, 9.17) is 0 Å². The van der Waals surface area contributed by atoms with Crippen molar-refractivity contribution in [1.82, 2.24) is 9.97 Å². The third-order valence-electron chi connectivity index (χ3n) is 5.82. The van der Waals surface area contributed by atoms with Gasteiger partial charge in [-0.2, -0.15) is 8.78 Å². The molecule has 0 aliphatic heterocycles. The van der Waals surface area contributed by atoms with E-state index in [2.05, 4.69) is 21.6 Å². The van der Waals surface area contributed by atoms with Crippen molar-refractivity contribution in [1.29, 1.82) is 0 Å². The van der Waals surface area contributed by atoms with Gasteiger partial charge in [0.05, 0.1) is 0 Å². The van der Waals surface area contributed by atoms with Gasteiger partial charge in [-0.1, -0.05) is 51.9 Å². The van der Waals surface area contributed by atoms with E-state index in [0.717, 1.165) is 29.4 Å². The van der Waals surface area contributed by atoms with Crippen LogP contribution >= 0.6 is 0 Å². The average Bonchev–Trinajstić information content (AvgIpc) is 2.72. The Morgan fingerprint density at radius 3 is 2.14 bits per heavy atom. The molecule has 2 aromatic rings. The first-order chi connectivity index (χ1) is 13.6. The van der Waals surface area contributed by atoms with Crippen LogP contribution in [0, 0.1) is 11.8 Å². The van der Waals surface area contributed by atoms with Gasteiger partial charge in [0.15, 0.2) is 5.82 Å². The molecule has 0 N–H and O–H groups in total. The Morgan fingerprint density at radius 2 is 1.57 bits per heavy atom. The highest BCUT2D eigenvalue weighted by Gasteiger charge is 2.20. The molecule has 0 bridgehead atoms. The van der Waals surface area contributed by atoms with Gasteiger partial charge in [0.25, 0.3) is 0 Å². The minimum atomic E-state index is -2.81. The highest BCUT2D eigenvalue weighted by atomic mass is 19.3. The summed E-state index contributed by atoms with van der Waals surface area (Å²) in [5, 5.41) is 0. The van der Waals surface area contributed by atoms with E-state index in [1.807, 2.05) is 12.4 Å². The van der Waals surface area contributed by atoms with Crippen molar-refractivity contribution >= 4 is 0 Å². The minimum absolute atomic E-state index is 0.139. The summed E-state index contributed by atoms with van der Waals surface area (Å²) in [6, 6.07) is 6.42. The fraction of sp³-hybridized carbons (Fsp3) is 0.565. The Morgan fingerprint density at radius 1 is 0.964 bits per heavy atom.